The third-order valence-corrected chi connectivity index (χ3v) is 1.64. The third-order valence-electron chi connectivity index (χ3n) is 1.64. The Morgan fingerprint density at radius 1 is 1.33 bits per heavy atom. The predicted octanol–water partition coefficient (Wildman–Crippen LogP) is 0.399. The molecule has 0 aliphatic rings. The van der Waals surface area contributed by atoms with Crippen molar-refractivity contribution >= 4 is 0 Å². The molecule has 0 amide bonds. The zero-order valence-corrected chi connectivity index (χ0v) is 8.68. The fourth-order valence-electron chi connectivity index (χ4n) is 0.969. The van der Waals surface area contributed by atoms with Crippen LogP contribution in [0.15, 0.2) is 0 Å². The molecule has 0 saturated heterocycles. The molecule has 7 heteroatoms. The van der Waals surface area contributed by atoms with Crippen molar-refractivity contribution in [2.75, 3.05) is 33.7 Å². The number of nitrogens with zero attached hydrogens (tertiary/aromatic N) is 1. The third kappa shape index (κ3) is 6.64. The molecule has 0 bridgehead atoms. The van der Waals surface area contributed by atoms with Crippen molar-refractivity contribution in [1.82, 2.24) is 10.2 Å². The van der Waals surface area contributed by atoms with Gasteiger partial charge in [0.1, 0.15) is 0 Å². The van der Waals surface area contributed by atoms with Gasteiger partial charge in [0.05, 0.1) is 12.6 Å². The van der Waals surface area contributed by atoms with Crippen molar-refractivity contribution < 1.29 is 22.7 Å². The van der Waals surface area contributed by atoms with Gasteiger partial charge in [0, 0.05) is 13.1 Å². The van der Waals surface area contributed by atoms with Crippen LogP contribution in [-0.2, 0) is 0 Å². The van der Waals surface area contributed by atoms with E-state index in [1.54, 1.807) is 19.0 Å². The standard InChI is InChI=1S/C8H16F4N2O/c1-14(2)4-6(15)3-13-5-8(11,12)7(9)10/h6-7,13,15H,3-5H2,1-2H3. The molecule has 0 aliphatic heterocycles. The lowest BCUT2D eigenvalue weighted by Gasteiger charge is -2.19. The number of halogens is 4. The highest BCUT2D eigenvalue weighted by atomic mass is 19.3. The van der Waals surface area contributed by atoms with Gasteiger partial charge in [-0.3, -0.25) is 0 Å². The minimum Gasteiger partial charge on any atom is -0.390 e. The van der Waals surface area contributed by atoms with E-state index in [2.05, 4.69) is 5.32 Å². The lowest BCUT2D eigenvalue weighted by molar-refractivity contribution is -0.125. The topological polar surface area (TPSA) is 35.5 Å². The number of hydrogen-bond acceptors (Lipinski definition) is 3. The van der Waals surface area contributed by atoms with Crippen molar-refractivity contribution in [2.45, 2.75) is 18.5 Å². The SMILES string of the molecule is CN(C)CC(O)CNCC(F)(F)C(F)F. The van der Waals surface area contributed by atoms with E-state index in [0.717, 1.165) is 0 Å². The van der Waals surface area contributed by atoms with E-state index < -0.39 is 25.0 Å². The maximum Gasteiger partial charge on any atom is 0.319 e. The van der Waals surface area contributed by atoms with Crippen LogP contribution in [0.5, 0.6) is 0 Å². The Balaban J connectivity index is 3.70. The van der Waals surface area contributed by atoms with Gasteiger partial charge in [0.2, 0.25) is 0 Å². The van der Waals surface area contributed by atoms with Gasteiger partial charge in [0.25, 0.3) is 0 Å². The highest BCUT2D eigenvalue weighted by Gasteiger charge is 2.40. The summed E-state index contributed by atoms with van der Waals surface area (Å²) >= 11 is 0. The van der Waals surface area contributed by atoms with Crippen LogP contribution in [0.3, 0.4) is 0 Å². The summed E-state index contributed by atoms with van der Waals surface area (Å²) in [4.78, 5) is 1.66. The van der Waals surface area contributed by atoms with Gasteiger partial charge in [-0.2, -0.15) is 8.78 Å². The maximum absolute atomic E-state index is 12.4. The van der Waals surface area contributed by atoms with Crippen LogP contribution in [0.4, 0.5) is 17.6 Å². The summed E-state index contributed by atoms with van der Waals surface area (Å²) in [5.74, 6) is -4.04. The van der Waals surface area contributed by atoms with Gasteiger partial charge in [-0.15, -0.1) is 0 Å². The van der Waals surface area contributed by atoms with Gasteiger partial charge in [-0.25, -0.2) is 8.78 Å². The minimum absolute atomic E-state index is 0.138. The first-order valence-corrected chi connectivity index (χ1v) is 4.45. The summed E-state index contributed by atoms with van der Waals surface area (Å²) in [5, 5.41) is 11.3. The first-order valence-electron chi connectivity index (χ1n) is 4.45. The van der Waals surface area contributed by atoms with Crippen LogP contribution in [0.1, 0.15) is 0 Å². The van der Waals surface area contributed by atoms with Gasteiger partial charge < -0.3 is 15.3 Å². The monoisotopic (exact) mass is 232 g/mol. The van der Waals surface area contributed by atoms with E-state index in [-0.39, 0.29) is 13.1 Å². The average Bonchev–Trinajstić information content (AvgIpc) is 2.01. The lowest BCUT2D eigenvalue weighted by atomic mass is 10.3. The summed E-state index contributed by atoms with van der Waals surface area (Å²) < 4.78 is 48.1. The highest BCUT2D eigenvalue weighted by molar-refractivity contribution is 4.73. The van der Waals surface area contributed by atoms with Crippen molar-refractivity contribution in [3.63, 3.8) is 0 Å². The molecule has 15 heavy (non-hydrogen) atoms. The Morgan fingerprint density at radius 3 is 2.27 bits per heavy atom. The van der Waals surface area contributed by atoms with Crippen LogP contribution in [0.25, 0.3) is 0 Å². The van der Waals surface area contributed by atoms with Crippen molar-refractivity contribution in [3.8, 4) is 0 Å². The molecule has 3 nitrogen and oxygen atoms in total. The molecule has 0 saturated carbocycles. The van der Waals surface area contributed by atoms with E-state index in [1.165, 1.54) is 0 Å². The Morgan fingerprint density at radius 2 is 1.87 bits per heavy atom. The number of alkyl halides is 4. The van der Waals surface area contributed by atoms with E-state index in [4.69, 9.17) is 0 Å². The van der Waals surface area contributed by atoms with Crippen molar-refractivity contribution in [3.05, 3.63) is 0 Å². The predicted molar refractivity (Wildman–Crippen MR) is 48.4 cm³/mol. The van der Waals surface area contributed by atoms with Crippen molar-refractivity contribution in [2.24, 2.45) is 0 Å². The van der Waals surface area contributed by atoms with E-state index in [1.807, 2.05) is 0 Å². The largest absolute Gasteiger partial charge is 0.390 e. The number of likely N-dealkylation sites (N-methyl/N-ethyl adjacent to an activating group) is 1. The quantitative estimate of drug-likeness (QED) is 0.624. The summed E-state index contributed by atoms with van der Waals surface area (Å²) in [6.45, 7) is -0.983. The number of aliphatic hydroxyl groups is 1. The zero-order valence-electron chi connectivity index (χ0n) is 8.68. The molecule has 0 aromatic heterocycles. The molecule has 1 atom stereocenters. The Hall–Kier alpha value is -0.400. The average molecular weight is 232 g/mol. The van der Waals surface area contributed by atoms with E-state index in [0.29, 0.717) is 0 Å². The van der Waals surface area contributed by atoms with Gasteiger partial charge in [0.15, 0.2) is 0 Å². The minimum atomic E-state index is -4.04. The van der Waals surface area contributed by atoms with Crippen LogP contribution in [-0.4, -0.2) is 62.2 Å². The molecular weight excluding hydrogens is 216 g/mol. The molecule has 2 N–H and O–H groups in total. The normalized spacial score (nSPS) is 15.0. The molecule has 0 aromatic rings. The Bertz CT molecular complexity index is 178. The first-order chi connectivity index (χ1) is 6.75. The highest BCUT2D eigenvalue weighted by Crippen LogP contribution is 2.21. The van der Waals surface area contributed by atoms with Crippen molar-refractivity contribution in [1.29, 1.82) is 0 Å². The fourth-order valence-corrected chi connectivity index (χ4v) is 0.969. The second-order valence-electron chi connectivity index (χ2n) is 3.61. The smallest absolute Gasteiger partial charge is 0.319 e. The summed E-state index contributed by atoms with van der Waals surface area (Å²) in [5.41, 5.74) is 0. The summed E-state index contributed by atoms with van der Waals surface area (Å²) in [7, 11) is 3.41. The molecular formula is C8H16F4N2O. The molecule has 0 aliphatic carbocycles. The van der Waals surface area contributed by atoms with Crippen LogP contribution < -0.4 is 5.32 Å². The molecule has 0 heterocycles. The van der Waals surface area contributed by atoms with Gasteiger partial charge in [-0.1, -0.05) is 0 Å². The molecule has 0 radical (unpaired) electrons. The second-order valence-corrected chi connectivity index (χ2v) is 3.61. The molecule has 0 fully saturated rings. The van der Waals surface area contributed by atoms with Gasteiger partial charge >= 0.3 is 12.3 Å². The van der Waals surface area contributed by atoms with Crippen LogP contribution in [0.2, 0.25) is 0 Å². The van der Waals surface area contributed by atoms with Gasteiger partial charge in [-0.05, 0) is 14.1 Å². The fraction of sp³-hybridized carbons (Fsp3) is 1.00. The Kier molecular flexibility index (Phi) is 6.07. The Labute approximate surface area is 86.1 Å². The van der Waals surface area contributed by atoms with Crippen LogP contribution >= 0.6 is 0 Å². The lowest BCUT2D eigenvalue weighted by Crippen LogP contribution is -2.43. The molecule has 0 spiro atoms. The zero-order chi connectivity index (χ0) is 12.1. The molecule has 0 aromatic carbocycles. The van der Waals surface area contributed by atoms with Crippen LogP contribution in [0, 0.1) is 0 Å². The number of aliphatic hydroxyl groups excluding tert-OH is 1. The van der Waals surface area contributed by atoms with E-state index >= 15 is 0 Å². The number of hydrogen-bond donors (Lipinski definition) is 2. The molecule has 0 rings (SSSR count). The molecule has 1 unspecified atom stereocenters. The van der Waals surface area contributed by atoms with E-state index in [9.17, 15) is 22.7 Å². The second kappa shape index (κ2) is 6.24. The number of nitrogens with one attached hydrogen (secondary N) is 1. The maximum atomic E-state index is 12.4. The molecule has 92 valence electrons. The summed E-state index contributed by atoms with van der Waals surface area (Å²) in [6.07, 6.45) is -4.54. The number of rotatable bonds is 7. The first kappa shape index (κ1) is 14.6. The summed E-state index contributed by atoms with van der Waals surface area (Å²) in [6, 6.07) is 0.